The Balaban J connectivity index is 4.06. The van der Waals surface area contributed by atoms with Gasteiger partial charge in [0.1, 0.15) is 6.04 Å². The molecular formula is C10H21NO2S. The van der Waals surface area contributed by atoms with E-state index < -0.39 is 5.97 Å². The summed E-state index contributed by atoms with van der Waals surface area (Å²) in [5.41, 5.74) is 0. The largest absolute Gasteiger partial charge is 0.480 e. The molecule has 4 heteroatoms. The predicted octanol–water partition coefficient (Wildman–Crippen LogP) is 1.92. The minimum atomic E-state index is -0.685. The number of hydrogen-bond donors (Lipinski definition) is 1. The summed E-state index contributed by atoms with van der Waals surface area (Å²) in [5, 5.41) is 9.06. The number of hydrogen-bond acceptors (Lipinski definition) is 3. The summed E-state index contributed by atoms with van der Waals surface area (Å²) in [6.45, 7) is 5.64. The van der Waals surface area contributed by atoms with E-state index in [1.807, 2.05) is 25.0 Å². The Morgan fingerprint density at radius 3 is 2.36 bits per heavy atom. The highest BCUT2D eigenvalue weighted by Crippen LogP contribution is 2.09. The summed E-state index contributed by atoms with van der Waals surface area (Å²) in [6, 6.07) is -0.294. The Morgan fingerprint density at radius 1 is 1.43 bits per heavy atom. The SMILES string of the molecule is CCN(CC)C(CCCSC)C(=O)O. The van der Waals surface area contributed by atoms with Crippen LogP contribution in [0.1, 0.15) is 26.7 Å². The Kier molecular flexibility index (Phi) is 7.99. The van der Waals surface area contributed by atoms with Gasteiger partial charge in [-0.05, 0) is 37.9 Å². The summed E-state index contributed by atoms with van der Waals surface area (Å²) >= 11 is 1.77. The first-order valence-electron chi connectivity index (χ1n) is 5.13. The lowest BCUT2D eigenvalue weighted by Gasteiger charge is -2.25. The molecule has 0 heterocycles. The second-order valence-corrected chi connectivity index (χ2v) is 4.20. The molecule has 0 amide bonds. The molecule has 3 nitrogen and oxygen atoms in total. The van der Waals surface area contributed by atoms with Gasteiger partial charge in [-0.15, -0.1) is 0 Å². The molecular weight excluding hydrogens is 198 g/mol. The van der Waals surface area contributed by atoms with Gasteiger partial charge in [0.25, 0.3) is 0 Å². The number of carboxylic acid groups (broad SMARTS) is 1. The van der Waals surface area contributed by atoms with E-state index in [1.165, 1.54) is 0 Å². The van der Waals surface area contributed by atoms with Crippen LogP contribution in [0.3, 0.4) is 0 Å². The molecule has 0 rings (SSSR count). The first-order valence-corrected chi connectivity index (χ1v) is 6.52. The highest BCUT2D eigenvalue weighted by Gasteiger charge is 2.22. The van der Waals surface area contributed by atoms with Crippen molar-refractivity contribution >= 4 is 17.7 Å². The van der Waals surface area contributed by atoms with E-state index in [0.29, 0.717) is 0 Å². The molecule has 0 aromatic rings. The standard InChI is InChI=1S/C10H21NO2S/c1-4-11(5-2)9(10(12)13)7-6-8-14-3/h9H,4-8H2,1-3H3,(H,12,13). The van der Waals surface area contributed by atoms with Crippen LogP contribution >= 0.6 is 11.8 Å². The molecule has 0 bridgehead atoms. The van der Waals surface area contributed by atoms with Gasteiger partial charge in [0.15, 0.2) is 0 Å². The number of thioether (sulfide) groups is 1. The molecule has 84 valence electrons. The van der Waals surface area contributed by atoms with Crippen molar-refractivity contribution in [2.75, 3.05) is 25.1 Å². The average molecular weight is 219 g/mol. The molecule has 0 fully saturated rings. The van der Waals surface area contributed by atoms with Gasteiger partial charge in [-0.25, -0.2) is 0 Å². The smallest absolute Gasteiger partial charge is 0.320 e. The predicted molar refractivity (Wildman–Crippen MR) is 62.0 cm³/mol. The Morgan fingerprint density at radius 2 is 2.00 bits per heavy atom. The van der Waals surface area contributed by atoms with Crippen LogP contribution in [0, 0.1) is 0 Å². The molecule has 0 aromatic heterocycles. The Labute approximate surface area is 90.9 Å². The van der Waals surface area contributed by atoms with E-state index in [-0.39, 0.29) is 6.04 Å². The fourth-order valence-electron chi connectivity index (χ4n) is 1.55. The fourth-order valence-corrected chi connectivity index (χ4v) is 2.00. The van der Waals surface area contributed by atoms with Crippen molar-refractivity contribution in [2.45, 2.75) is 32.7 Å². The molecule has 1 atom stereocenters. The first kappa shape index (κ1) is 13.8. The maximum Gasteiger partial charge on any atom is 0.320 e. The van der Waals surface area contributed by atoms with E-state index in [1.54, 1.807) is 11.8 Å². The molecule has 0 spiro atoms. The minimum absolute atomic E-state index is 0.294. The maximum atomic E-state index is 11.0. The van der Waals surface area contributed by atoms with Gasteiger partial charge in [0.05, 0.1) is 0 Å². The minimum Gasteiger partial charge on any atom is -0.480 e. The quantitative estimate of drug-likeness (QED) is 0.633. The third kappa shape index (κ3) is 4.86. The molecule has 1 N–H and O–H groups in total. The van der Waals surface area contributed by atoms with Crippen molar-refractivity contribution in [2.24, 2.45) is 0 Å². The van der Waals surface area contributed by atoms with Crippen molar-refractivity contribution in [3.8, 4) is 0 Å². The molecule has 0 aromatic carbocycles. The molecule has 0 saturated carbocycles. The van der Waals surface area contributed by atoms with E-state index in [9.17, 15) is 4.79 Å². The van der Waals surface area contributed by atoms with Crippen LogP contribution in [0.25, 0.3) is 0 Å². The van der Waals surface area contributed by atoms with E-state index >= 15 is 0 Å². The number of carboxylic acids is 1. The lowest BCUT2D eigenvalue weighted by molar-refractivity contribution is -0.143. The van der Waals surface area contributed by atoms with Crippen LogP contribution in [0.5, 0.6) is 0 Å². The zero-order valence-electron chi connectivity index (χ0n) is 9.32. The number of rotatable bonds is 8. The topological polar surface area (TPSA) is 40.5 Å². The summed E-state index contributed by atoms with van der Waals surface area (Å²) < 4.78 is 0. The van der Waals surface area contributed by atoms with Gasteiger partial charge >= 0.3 is 5.97 Å². The van der Waals surface area contributed by atoms with Gasteiger partial charge in [-0.2, -0.15) is 11.8 Å². The zero-order valence-corrected chi connectivity index (χ0v) is 10.1. The highest BCUT2D eigenvalue weighted by molar-refractivity contribution is 7.98. The van der Waals surface area contributed by atoms with Crippen molar-refractivity contribution in [3.63, 3.8) is 0 Å². The second-order valence-electron chi connectivity index (χ2n) is 3.21. The summed E-state index contributed by atoms with van der Waals surface area (Å²) in [5.74, 6) is 0.361. The van der Waals surface area contributed by atoms with Crippen LogP contribution in [0.2, 0.25) is 0 Å². The Bertz CT molecular complexity index is 160. The number of aliphatic carboxylic acids is 1. The lowest BCUT2D eigenvalue weighted by atomic mass is 10.1. The van der Waals surface area contributed by atoms with Crippen molar-refractivity contribution in [1.82, 2.24) is 4.90 Å². The zero-order chi connectivity index (χ0) is 11.0. The second kappa shape index (κ2) is 8.12. The number of nitrogens with zero attached hydrogens (tertiary/aromatic N) is 1. The maximum absolute atomic E-state index is 11.0. The summed E-state index contributed by atoms with van der Waals surface area (Å²) in [4.78, 5) is 13.0. The van der Waals surface area contributed by atoms with Crippen LogP contribution in [0.15, 0.2) is 0 Å². The Hall–Kier alpha value is -0.220. The summed E-state index contributed by atoms with van der Waals surface area (Å²) in [7, 11) is 0. The van der Waals surface area contributed by atoms with Gasteiger partial charge in [0.2, 0.25) is 0 Å². The van der Waals surface area contributed by atoms with Crippen molar-refractivity contribution < 1.29 is 9.90 Å². The van der Waals surface area contributed by atoms with Crippen molar-refractivity contribution in [1.29, 1.82) is 0 Å². The summed E-state index contributed by atoms with van der Waals surface area (Å²) in [6.07, 6.45) is 3.79. The molecule has 0 radical (unpaired) electrons. The first-order chi connectivity index (χ1) is 6.67. The molecule has 1 unspecified atom stereocenters. The van der Waals surface area contributed by atoms with Gasteiger partial charge < -0.3 is 5.11 Å². The molecule has 0 aliphatic rings. The van der Waals surface area contributed by atoms with Crippen LogP contribution in [-0.4, -0.2) is 47.1 Å². The molecule has 0 saturated heterocycles. The normalized spacial score (nSPS) is 13.1. The fraction of sp³-hybridized carbons (Fsp3) is 0.900. The van der Waals surface area contributed by atoms with Gasteiger partial charge in [0, 0.05) is 0 Å². The van der Waals surface area contributed by atoms with Crippen molar-refractivity contribution in [3.05, 3.63) is 0 Å². The van der Waals surface area contributed by atoms with Crippen LogP contribution < -0.4 is 0 Å². The van der Waals surface area contributed by atoms with E-state index in [0.717, 1.165) is 31.7 Å². The monoisotopic (exact) mass is 219 g/mol. The van der Waals surface area contributed by atoms with Gasteiger partial charge in [-0.3, -0.25) is 9.69 Å². The average Bonchev–Trinajstić information content (AvgIpc) is 2.17. The molecule has 0 aliphatic heterocycles. The number of likely N-dealkylation sites (N-methyl/N-ethyl adjacent to an activating group) is 1. The molecule has 14 heavy (non-hydrogen) atoms. The number of carbonyl (C=O) groups is 1. The third-order valence-corrected chi connectivity index (χ3v) is 3.06. The lowest BCUT2D eigenvalue weighted by Crippen LogP contribution is -2.41. The van der Waals surface area contributed by atoms with E-state index in [2.05, 4.69) is 0 Å². The van der Waals surface area contributed by atoms with Crippen LogP contribution in [0.4, 0.5) is 0 Å². The van der Waals surface area contributed by atoms with Crippen LogP contribution in [-0.2, 0) is 4.79 Å². The highest BCUT2D eigenvalue weighted by atomic mass is 32.2. The van der Waals surface area contributed by atoms with E-state index in [4.69, 9.17) is 5.11 Å². The third-order valence-electron chi connectivity index (χ3n) is 2.36. The van der Waals surface area contributed by atoms with Gasteiger partial charge in [-0.1, -0.05) is 13.8 Å². The molecule has 0 aliphatic carbocycles.